The van der Waals surface area contributed by atoms with Crippen LogP contribution < -0.4 is 5.32 Å². The highest BCUT2D eigenvalue weighted by atomic mass is 16.1. The van der Waals surface area contributed by atoms with Crippen molar-refractivity contribution in [3.05, 3.63) is 0 Å². The van der Waals surface area contributed by atoms with E-state index >= 15 is 0 Å². The van der Waals surface area contributed by atoms with Gasteiger partial charge >= 0.3 is 0 Å². The molecule has 13 heavy (non-hydrogen) atoms. The van der Waals surface area contributed by atoms with Crippen LogP contribution in [0.1, 0.15) is 33.6 Å². The molecule has 3 nitrogen and oxygen atoms in total. The number of carbonyl (C=O) groups excluding carboxylic acids is 1. The molecule has 0 fully saturated rings. The molecule has 80 valence electrons. The maximum Gasteiger partial charge on any atom is 0.220 e. The van der Waals surface area contributed by atoms with Gasteiger partial charge in [0, 0.05) is 19.5 Å². The first-order chi connectivity index (χ1) is 6.16. The van der Waals surface area contributed by atoms with Gasteiger partial charge in [0.2, 0.25) is 5.91 Å². The summed E-state index contributed by atoms with van der Waals surface area (Å²) in [5.41, 5.74) is 0. The lowest BCUT2D eigenvalue weighted by atomic mass is 10.3. The van der Waals surface area contributed by atoms with Gasteiger partial charge in [0.25, 0.3) is 0 Å². The Morgan fingerprint density at radius 2 is 1.85 bits per heavy atom. The third kappa shape index (κ3) is 14.3. The van der Waals surface area contributed by atoms with E-state index in [4.69, 9.17) is 0 Å². The number of hydrogen-bond acceptors (Lipinski definition) is 2. The van der Waals surface area contributed by atoms with Crippen molar-refractivity contribution in [1.29, 1.82) is 0 Å². The van der Waals surface area contributed by atoms with Gasteiger partial charge in [0.15, 0.2) is 0 Å². The van der Waals surface area contributed by atoms with Crippen LogP contribution in [-0.4, -0.2) is 38.0 Å². The summed E-state index contributed by atoms with van der Waals surface area (Å²) in [6, 6.07) is 0. The molecule has 0 aliphatic heterocycles. The highest BCUT2D eigenvalue weighted by Gasteiger charge is 1.97. The van der Waals surface area contributed by atoms with Crippen molar-refractivity contribution < 1.29 is 4.79 Å². The van der Waals surface area contributed by atoms with Crippen molar-refractivity contribution in [2.45, 2.75) is 33.6 Å². The fourth-order valence-electron chi connectivity index (χ4n) is 0.734. The van der Waals surface area contributed by atoms with E-state index in [2.05, 4.69) is 5.32 Å². The maximum atomic E-state index is 10.9. The smallest absolute Gasteiger partial charge is 0.220 e. The van der Waals surface area contributed by atoms with Gasteiger partial charge < -0.3 is 10.2 Å². The zero-order chi connectivity index (χ0) is 10.7. The number of amides is 1. The Hall–Kier alpha value is -0.570. The van der Waals surface area contributed by atoms with Crippen LogP contribution in [-0.2, 0) is 4.79 Å². The van der Waals surface area contributed by atoms with Gasteiger partial charge in [-0.15, -0.1) is 0 Å². The molecule has 0 aromatic heterocycles. The van der Waals surface area contributed by atoms with E-state index in [0.717, 1.165) is 19.5 Å². The molecule has 0 spiro atoms. The minimum atomic E-state index is 0.161. The van der Waals surface area contributed by atoms with Crippen LogP contribution in [0.2, 0.25) is 0 Å². The van der Waals surface area contributed by atoms with Crippen molar-refractivity contribution in [2.24, 2.45) is 0 Å². The number of hydrogen-bond donors (Lipinski definition) is 1. The van der Waals surface area contributed by atoms with Crippen molar-refractivity contribution in [2.75, 3.05) is 27.2 Å². The van der Waals surface area contributed by atoms with Crippen molar-refractivity contribution in [3.63, 3.8) is 0 Å². The molecule has 0 bridgehead atoms. The Morgan fingerprint density at radius 3 is 2.23 bits per heavy atom. The van der Waals surface area contributed by atoms with Crippen molar-refractivity contribution >= 4 is 5.91 Å². The lowest BCUT2D eigenvalue weighted by Crippen LogP contribution is -2.30. The number of carbonyl (C=O) groups is 1. The average Bonchev–Trinajstić information content (AvgIpc) is 2.08. The first-order valence-electron chi connectivity index (χ1n) is 5.08. The van der Waals surface area contributed by atoms with E-state index in [0.29, 0.717) is 6.42 Å². The molecule has 0 aliphatic carbocycles. The lowest BCUT2D eigenvalue weighted by Gasteiger charge is -2.09. The molecule has 1 amide bonds. The molecular formula is C10H24N2O. The lowest BCUT2D eigenvalue weighted by molar-refractivity contribution is -0.121. The monoisotopic (exact) mass is 188 g/mol. The molecule has 0 atom stereocenters. The second kappa shape index (κ2) is 11.4. The standard InChI is InChI=1S/C8H18N2O.C2H6/c1-4-5-8(11)9-6-7-10(2)3;1-2/h4-7H2,1-3H3,(H,9,11);1-2H3. The third-order valence-electron chi connectivity index (χ3n) is 1.36. The van der Waals surface area contributed by atoms with E-state index in [1.165, 1.54) is 0 Å². The molecule has 0 aromatic rings. The number of rotatable bonds is 5. The summed E-state index contributed by atoms with van der Waals surface area (Å²) in [5, 5.41) is 2.83. The minimum absolute atomic E-state index is 0.161. The Bertz CT molecular complexity index is 113. The zero-order valence-electron chi connectivity index (χ0n) is 9.68. The average molecular weight is 188 g/mol. The minimum Gasteiger partial charge on any atom is -0.355 e. The molecule has 0 saturated heterocycles. The topological polar surface area (TPSA) is 32.3 Å². The zero-order valence-corrected chi connectivity index (χ0v) is 9.68. The molecule has 1 N–H and O–H groups in total. The molecule has 0 radical (unpaired) electrons. The molecule has 0 heterocycles. The summed E-state index contributed by atoms with van der Waals surface area (Å²) in [4.78, 5) is 12.9. The predicted molar refractivity (Wildman–Crippen MR) is 57.8 cm³/mol. The molecule has 0 rings (SSSR count). The van der Waals surface area contributed by atoms with Crippen LogP contribution in [0, 0.1) is 0 Å². The molecule has 0 aliphatic rings. The van der Waals surface area contributed by atoms with Crippen LogP contribution in [0.5, 0.6) is 0 Å². The second-order valence-corrected chi connectivity index (χ2v) is 2.90. The van der Waals surface area contributed by atoms with Crippen LogP contribution in [0.4, 0.5) is 0 Å². The van der Waals surface area contributed by atoms with Gasteiger partial charge in [0.1, 0.15) is 0 Å². The van der Waals surface area contributed by atoms with E-state index in [-0.39, 0.29) is 5.91 Å². The van der Waals surface area contributed by atoms with Crippen LogP contribution in [0.15, 0.2) is 0 Å². The molecule has 0 saturated carbocycles. The molecule has 0 aromatic carbocycles. The number of nitrogens with zero attached hydrogens (tertiary/aromatic N) is 1. The first-order valence-corrected chi connectivity index (χ1v) is 5.08. The van der Waals surface area contributed by atoms with Crippen LogP contribution in [0.25, 0.3) is 0 Å². The SMILES string of the molecule is CC.CCCC(=O)NCCN(C)C. The molecular weight excluding hydrogens is 164 g/mol. The quantitative estimate of drug-likeness (QED) is 0.709. The van der Waals surface area contributed by atoms with E-state index in [1.807, 2.05) is 39.8 Å². The predicted octanol–water partition coefficient (Wildman–Crippen LogP) is 1.49. The Morgan fingerprint density at radius 1 is 1.31 bits per heavy atom. The van der Waals surface area contributed by atoms with Crippen LogP contribution >= 0.6 is 0 Å². The summed E-state index contributed by atoms with van der Waals surface area (Å²) in [6.45, 7) is 7.67. The van der Waals surface area contributed by atoms with Crippen LogP contribution in [0.3, 0.4) is 0 Å². The first kappa shape index (κ1) is 14.9. The fourth-order valence-corrected chi connectivity index (χ4v) is 0.734. The maximum absolute atomic E-state index is 10.9. The van der Waals surface area contributed by atoms with Gasteiger partial charge in [0.05, 0.1) is 0 Å². The summed E-state index contributed by atoms with van der Waals surface area (Å²) >= 11 is 0. The summed E-state index contributed by atoms with van der Waals surface area (Å²) in [7, 11) is 3.98. The number of nitrogens with one attached hydrogen (secondary N) is 1. The van der Waals surface area contributed by atoms with Crippen molar-refractivity contribution in [1.82, 2.24) is 10.2 Å². The summed E-state index contributed by atoms with van der Waals surface area (Å²) < 4.78 is 0. The third-order valence-corrected chi connectivity index (χ3v) is 1.36. The van der Waals surface area contributed by atoms with Gasteiger partial charge in [-0.1, -0.05) is 20.8 Å². The van der Waals surface area contributed by atoms with E-state index in [9.17, 15) is 4.79 Å². The highest BCUT2D eigenvalue weighted by Crippen LogP contribution is 1.84. The summed E-state index contributed by atoms with van der Waals surface area (Å²) in [6.07, 6.45) is 1.57. The molecule has 0 unspecified atom stereocenters. The fraction of sp³-hybridized carbons (Fsp3) is 0.900. The van der Waals surface area contributed by atoms with Gasteiger partial charge in [-0.05, 0) is 20.5 Å². The highest BCUT2D eigenvalue weighted by molar-refractivity contribution is 5.75. The van der Waals surface area contributed by atoms with Gasteiger partial charge in [-0.2, -0.15) is 0 Å². The second-order valence-electron chi connectivity index (χ2n) is 2.90. The molecule has 3 heteroatoms. The van der Waals surface area contributed by atoms with E-state index in [1.54, 1.807) is 0 Å². The number of likely N-dealkylation sites (N-methyl/N-ethyl adjacent to an activating group) is 1. The Labute approximate surface area is 82.5 Å². The van der Waals surface area contributed by atoms with Gasteiger partial charge in [-0.3, -0.25) is 4.79 Å². The van der Waals surface area contributed by atoms with Crippen molar-refractivity contribution in [3.8, 4) is 0 Å². The Kier molecular flexibility index (Phi) is 13.1. The van der Waals surface area contributed by atoms with Gasteiger partial charge in [-0.25, -0.2) is 0 Å². The summed E-state index contributed by atoms with van der Waals surface area (Å²) in [5.74, 6) is 0.161. The normalized spacial score (nSPS) is 9.08. The largest absolute Gasteiger partial charge is 0.355 e. The van der Waals surface area contributed by atoms with E-state index < -0.39 is 0 Å². The Balaban J connectivity index is 0.